The molecule has 1 aromatic carbocycles. The van der Waals surface area contributed by atoms with Crippen molar-refractivity contribution in [2.24, 2.45) is 0 Å². The zero-order chi connectivity index (χ0) is 13.1. The lowest BCUT2D eigenvalue weighted by molar-refractivity contribution is 0.199. The van der Waals surface area contributed by atoms with Gasteiger partial charge in [0.15, 0.2) is 11.6 Å². The molecule has 1 atom stereocenters. The first-order valence-electron chi connectivity index (χ1n) is 5.69. The number of likely N-dealkylation sites (N-methyl/N-ethyl adjacent to an activating group) is 1. The summed E-state index contributed by atoms with van der Waals surface area (Å²) < 4.78 is 19.1. The summed E-state index contributed by atoms with van der Waals surface area (Å²) in [5.74, 6) is -0.401. The number of carbonyl (C=O) groups is 1. The Balaban J connectivity index is 2.08. The number of amides is 1. The highest BCUT2D eigenvalue weighted by atomic mass is 19.1. The fourth-order valence-corrected chi connectivity index (χ4v) is 1.97. The molecule has 2 rings (SSSR count). The van der Waals surface area contributed by atoms with Crippen molar-refractivity contribution in [1.29, 1.82) is 0 Å². The smallest absolute Gasteiger partial charge is 0.409 e. The van der Waals surface area contributed by atoms with Crippen molar-refractivity contribution < 1.29 is 19.0 Å². The Morgan fingerprint density at radius 2 is 2.39 bits per heavy atom. The topological polar surface area (TPSA) is 61.8 Å². The zero-order valence-corrected chi connectivity index (χ0v) is 10.0. The fraction of sp³-hybridized carbons (Fsp3) is 0.417. The van der Waals surface area contributed by atoms with Gasteiger partial charge in [-0.15, -0.1) is 0 Å². The van der Waals surface area contributed by atoms with Crippen LogP contribution in [-0.2, 0) is 0 Å². The van der Waals surface area contributed by atoms with Crippen molar-refractivity contribution in [3.63, 3.8) is 0 Å². The van der Waals surface area contributed by atoms with E-state index in [9.17, 15) is 9.18 Å². The van der Waals surface area contributed by atoms with E-state index in [0.717, 1.165) is 19.5 Å². The van der Waals surface area contributed by atoms with Gasteiger partial charge in [0.2, 0.25) is 0 Å². The predicted molar refractivity (Wildman–Crippen MR) is 64.6 cm³/mol. The monoisotopic (exact) mass is 254 g/mol. The molecule has 1 aromatic rings. The number of benzene rings is 1. The zero-order valence-electron chi connectivity index (χ0n) is 10.0. The summed E-state index contributed by atoms with van der Waals surface area (Å²) in [6, 6.07) is 3.91. The molecule has 98 valence electrons. The van der Waals surface area contributed by atoms with Gasteiger partial charge < -0.3 is 14.7 Å². The molecule has 0 aliphatic carbocycles. The molecule has 1 heterocycles. The average Bonchev–Trinajstić information content (AvgIpc) is 2.68. The molecule has 1 fully saturated rings. The number of likely N-dealkylation sites (tertiary alicyclic amines) is 1. The van der Waals surface area contributed by atoms with Gasteiger partial charge in [-0.3, -0.25) is 5.32 Å². The fourth-order valence-electron chi connectivity index (χ4n) is 1.97. The standard InChI is InChI=1S/C12H15FN2O3/c1-15-5-4-9(7-15)18-11-6-8(14-12(16)17)2-3-10(11)13/h2-3,6,9,14H,4-5,7H2,1H3,(H,16,17). The number of anilines is 1. The van der Waals surface area contributed by atoms with E-state index in [-0.39, 0.29) is 11.9 Å². The SMILES string of the molecule is CN1CCC(Oc2cc(NC(=O)O)ccc2F)C1. The van der Waals surface area contributed by atoms with Crippen molar-refractivity contribution >= 4 is 11.8 Å². The van der Waals surface area contributed by atoms with E-state index in [4.69, 9.17) is 9.84 Å². The second-order valence-electron chi connectivity index (χ2n) is 4.37. The van der Waals surface area contributed by atoms with Crippen LogP contribution in [0.5, 0.6) is 5.75 Å². The molecule has 1 aliphatic heterocycles. The van der Waals surface area contributed by atoms with Crippen molar-refractivity contribution in [1.82, 2.24) is 4.90 Å². The lowest BCUT2D eigenvalue weighted by Gasteiger charge is -2.15. The van der Waals surface area contributed by atoms with Crippen molar-refractivity contribution in [3.05, 3.63) is 24.0 Å². The van der Waals surface area contributed by atoms with Gasteiger partial charge in [0, 0.05) is 24.8 Å². The molecule has 1 unspecified atom stereocenters. The second-order valence-corrected chi connectivity index (χ2v) is 4.37. The number of hydrogen-bond acceptors (Lipinski definition) is 3. The second kappa shape index (κ2) is 5.22. The largest absolute Gasteiger partial charge is 0.486 e. The number of carboxylic acid groups (broad SMARTS) is 1. The van der Waals surface area contributed by atoms with Crippen LogP contribution in [0.3, 0.4) is 0 Å². The van der Waals surface area contributed by atoms with Crippen LogP contribution < -0.4 is 10.1 Å². The van der Waals surface area contributed by atoms with Crippen LogP contribution in [0.15, 0.2) is 18.2 Å². The Hall–Kier alpha value is -1.82. The van der Waals surface area contributed by atoms with E-state index in [0.29, 0.717) is 5.69 Å². The van der Waals surface area contributed by atoms with Crippen molar-refractivity contribution in [3.8, 4) is 5.75 Å². The van der Waals surface area contributed by atoms with Crippen molar-refractivity contribution in [2.75, 3.05) is 25.5 Å². The first-order chi connectivity index (χ1) is 8.54. The molecule has 1 saturated heterocycles. The minimum Gasteiger partial charge on any atom is -0.486 e. The third-order valence-corrected chi connectivity index (χ3v) is 2.82. The number of rotatable bonds is 3. The summed E-state index contributed by atoms with van der Waals surface area (Å²) in [4.78, 5) is 12.6. The molecule has 1 aliphatic rings. The average molecular weight is 254 g/mol. The quantitative estimate of drug-likeness (QED) is 0.866. The van der Waals surface area contributed by atoms with Crippen molar-refractivity contribution in [2.45, 2.75) is 12.5 Å². The number of nitrogens with zero attached hydrogens (tertiary/aromatic N) is 1. The summed E-state index contributed by atoms with van der Waals surface area (Å²) in [5.41, 5.74) is 0.297. The minimum absolute atomic E-state index is 0.0513. The Morgan fingerprint density at radius 3 is 3.00 bits per heavy atom. The Labute approximate surface area is 104 Å². The molecule has 0 aromatic heterocycles. The van der Waals surface area contributed by atoms with Crippen LogP contribution >= 0.6 is 0 Å². The lowest BCUT2D eigenvalue weighted by Crippen LogP contribution is -2.21. The van der Waals surface area contributed by atoms with Crippen LogP contribution in [0.25, 0.3) is 0 Å². The molecule has 2 N–H and O–H groups in total. The third kappa shape index (κ3) is 3.10. The van der Waals surface area contributed by atoms with E-state index in [1.54, 1.807) is 0 Å². The minimum atomic E-state index is -1.19. The van der Waals surface area contributed by atoms with Crippen LogP contribution in [-0.4, -0.2) is 42.3 Å². The molecule has 18 heavy (non-hydrogen) atoms. The highest BCUT2D eigenvalue weighted by Gasteiger charge is 2.22. The maximum Gasteiger partial charge on any atom is 0.409 e. The number of halogens is 1. The summed E-state index contributed by atoms with van der Waals surface area (Å²) >= 11 is 0. The van der Waals surface area contributed by atoms with E-state index in [2.05, 4.69) is 10.2 Å². The molecular weight excluding hydrogens is 239 g/mol. The number of nitrogens with one attached hydrogen (secondary N) is 1. The lowest BCUT2D eigenvalue weighted by atomic mass is 10.2. The first kappa shape index (κ1) is 12.6. The van der Waals surface area contributed by atoms with E-state index in [1.807, 2.05) is 7.05 Å². The predicted octanol–water partition coefficient (Wildman–Crippen LogP) is 2.00. The molecule has 6 heteroatoms. The highest BCUT2D eigenvalue weighted by Crippen LogP contribution is 2.25. The van der Waals surface area contributed by atoms with Gasteiger partial charge in [0.1, 0.15) is 6.10 Å². The Bertz CT molecular complexity index is 453. The third-order valence-electron chi connectivity index (χ3n) is 2.82. The maximum absolute atomic E-state index is 13.5. The number of hydrogen-bond donors (Lipinski definition) is 2. The first-order valence-corrected chi connectivity index (χ1v) is 5.69. The molecule has 0 bridgehead atoms. The summed E-state index contributed by atoms with van der Waals surface area (Å²) in [6.07, 6.45) is -0.398. The van der Waals surface area contributed by atoms with Gasteiger partial charge in [-0.25, -0.2) is 9.18 Å². The maximum atomic E-state index is 13.5. The summed E-state index contributed by atoms with van der Waals surface area (Å²) in [7, 11) is 1.97. The summed E-state index contributed by atoms with van der Waals surface area (Å²) in [5, 5.41) is 10.8. The molecular formula is C12H15FN2O3. The van der Waals surface area contributed by atoms with Gasteiger partial charge in [0.25, 0.3) is 0 Å². The Morgan fingerprint density at radius 1 is 1.61 bits per heavy atom. The van der Waals surface area contributed by atoms with Gasteiger partial charge in [0.05, 0.1) is 0 Å². The molecule has 0 spiro atoms. The van der Waals surface area contributed by atoms with Crippen LogP contribution in [0.4, 0.5) is 14.9 Å². The molecule has 1 amide bonds. The highest BCUT2D eigenvalue weighted by molar-refractivity contribution is 5.83. The summed E-state index contributed by atoms with van der Waals surface area (Å²) in [6.45, 7) is 1.66. The molecule has 0 radical (unpaired) electrons. The van der Waals surface area contributed by atoms with Gasteiger partial charge in [-0.05, 0) is 25.6 Å². The van der Waals surface area contributed by atoms with Crippen LogP contribution in [0.2, 0.25) is 0 Å². The van der Waals surface area contributed by atoms with E-state index >= 15 is 0 Å². The van der Waals surface area contributed by atoms with E-state index in [1.165, 1.54) is 18.2 Å². The molecule has 5 nitrogen and oxygen atoms in total. The van der Waals surface area contributed by atoms with Crippen LogP contribution in [0, 0.1) is 5.82 Å². The van der Waals surface area contributed by atoms with E-state index < -0.39 is 11.9 Å². The van der Waals surface area contributed by atoms with Crippen LogP contribution in [0.1, 0.15) is 6.42 Å². The van der Waals surface area contributed by atoms with Gasteiger partial charge in [-0.1, -0.05) is 0 Å². The molecule has 0 saturated carbocycles. The van der Waals surface area contributed by atoms with Gasteiger partial charge >= 0.3 is 6.09 Å². The van der Waals surface area contributed by atoms with Gasteiger partial charge in [-0.2, -0.15) is 0 Å². The normalized spacial score (nSPS) is 19.8. The number of ether oxygens (including phenoxy) is 1. The Kier molecular flexibility index (Phi) is 3.66.